The van der Waals surface area contributed by atoms with Crippen molar-refractivity contribution in [2.75, 3.05) is 4.72 Å². The summed E-state index contributed by atoms with van der Waals surface area (Å²) in [5.74, 6) is 0. The number of rotatable bonds is 3. The second-order valence-electron chi connectivity index (χ2n) is 4.48. The Morgan fingerprint density at radius 3 is 2.50 bits per heavy atom. The maximum atomic E-state index is 12.5. The second-order valence-corrected chi connectivity index (χ2v) is 7.03. The summed E-state index contributed by atoms with van der Waals surface area (Å²) in [6, 6.07) is 9.26. The first-order chi connectivity index (χ1) is 10.5. The average molecular weight is 354 g/mol. The van der Waals surface area contributed by atoms with Crippen molar-refractivity contribution in [2.24, 2.45) is 0 Å². The van der Waals surface area contributed by atoms with Crippen LogP contribution in [0.1, 0.15) is 0 Å². The van der Waals surface area contributed by atoms with E-state index in [4.69, 9.17) is 23.2 Å². The molecule has 2 aromatic carbocycles. The molecule has 22 heavy (non-hydrogen) atoms. The molecule has 0 unspecified atom stereocenters. The minimum Gasteiger partial charge on any atom is -0.277 e. The number of benzene rings is 2. The fourth-order valence-electron chi connectivity index (χ4n) is 1.98. The molecule has 0 atom stereocenters. The lowest BCUT2D eigenvalue weighted by Gasteiger charge is -2.10. The second kappa shape index (κ2) is 5.72. The number of nitrogens with one attached hydrogen (secondary N) is 1. The third-order valence-corrected chi connectivity index (χ3v) is 4.71. The van der Waals surface area contributed by atoms with Gasteiger partial charge in [-0.15, -0.1) is 0 Å². The molecule has 0 aliphatic rings. The highest BCUT2D eigenvalue weighted by atomic mass is 35.5. The van der Waals surface area contributed by atoms with Crippen LogP contribution in [0.3, 0.4) is 0 Å². The largest absolute Gasteiger partial charge is 0.277 e. The van der Waals surface area contributed by atoms with Crippen LogP contribution in [0.2, 0.25) is 10.0 Å². The molecule has 0 bridgehead atoms. The van der Waals surface area contributed by atoms with Gasteiger partial charge in [-0.1, -0.05) is 35.3 Å². The highest BCUT2D eigenvalue weighted by molar-refractivity contribution is 7.92. The van der Waals surface area contributed by atoms with Crippen molar-refractivity contribution in [3.63, 3.8) is 0 Å². The molecular formula is C14H9Cl2N3O2S. The molecule has 0 aliphatic heterocycles. The quantitative estimate of drug-likeness (QED) is 0.778. The lowest BCUT2D eigenvalue weighted by atomic mass is 10.2. The maximum absolute atomic E-state index is 12.5. The highest BCUT2D eigenvalue weighted by Gasteiger charge is 2.17. The molecule has 0 fully saturated rings. The summed E-state index contributed by atoms with van der Waals surface area (Å²) in [6.07, 6.45) is 2.97. The smallest absolute Gasteiger partial charge is 0.262 e. The van der Waals surface area contributed by atoms with Crippen molar-refractivity contribution >= 4 is 49.8 Å². The van der Waals surface area contributed by atoms with E-state index in [9.17, 15) is 8.42 Å². The van der Waals surface area contributed by atoms with Gasteiger partial charge in [-0.25, -0.2) is 18.4 Å². The number of hydrogen-bond acceptors (Lipinski definition) is 4. The molecule has 0 saturated heterocycles. The van der Waals surface area contributed by atoms with Crippen molar-refractivity contribution in [3.05, 3.63) is 59.0 Å². The zero-order chi connectivity index (χ0) is 15.7. The fraction of sp³-hybridized carbons (Fsp3) is 0. The van der Waals surface area contributed by atoms with Gasteiger partial charge < -0.3 is 0 Å². The summed E-state index contributed by atoms with van der Waals surface area (Å²) < 4.78 is 27.5. The number of anilines is 1. The van der Waals surface area contributed by atoms with Gasteiger partial charge in [0.15, 0.2) is 0 Å². The number of halogens is 2. The molecule has 0 aliphatic carbocycles. The molecule has 1 aromatic heterocycles. The van der Waals surface area contributed by atoms with Gasteiger partial charge in [-0.2, -0.15) is 0 Å². The van der Waals surface area contributed by atoms with Crippen molar-refractivity contribution in [1.82, 2.24) is 9.97 Å². The first kappa shape index (κ1) is 15.0. The maximum Gasteiger partial charge on any atom is 0.262 e. The fourth-order valence-corrected chi connectivity index (χ4v) is 3.78. The van der Waals surface area contributed by atoms with Crippen LogP contribution in [0.15, 0.2) is 53.8 Å². The minimum absolute atomic E-state index is 0.0175. The molecule has 1 N–H and O–H groups in total. The molecule has 0 saturated carbocycles. The summed E-state index contributed by atoms with van der Waals surface area (Å²) in [7, 11) is -3.83. The number of sulfonamides is 1. The number of para-hydroxylation sites is 1. The van der Waals surface area contributed by atoms with E-state index in [-0.39, 0.29) is 14.9 Å². The van der Waals surface area contributed by atoms with Gasteiger partial charge in [-0.05, 0) is 24.3 Å². The van der Waals surface area contributed by atoms with Crippen LogP contribution in [-0.2, 0) is 10.0 Å². The molecule has 8 heteroatoms. The molecule has 3 rings (SSSR count). The van der Waals surface area contributed by atoms with E-state index in [1.807, 2.05) is 0 Å². The Morgan fingerprint density at radius 1 is 1.05 bits per heavy atom. The van der Waals surface area contributed by atoms with Crippen LogP contribution >= 0.6 is 23.2 Å². The third kappa shape index (κ3) is 2.99. The lowest BCUT2D eigenvalue weighted by molar-refractivity contribution is 0.601. The van der Waals surface area contributed by atoms with Gasteiger partial charge in [0.25, 0.3) is 10.0 Å². The number of fused-ring (bicyclic) bond motifs is 1. The molecule has 0 spiro atoms. The van der Waals surface area contributed by atoms with Crippen LogP contribution in [0.25, 0.3) is 10.9 Å². The standard InChI is InChI=1S/C14H9Cl2N3O2S/c15-10-4-11(16)6-12(5-10)22(20,21)19-13-3-1-2-9-7-17-8-18-14(9)13/h1-8,19H. The SMILES string of the molecule is O=S(=O)(Nc1cccc2cncnc12)c1cc(Cl)cc(Cl)c1. The van der Waals surface area contributed by atoms with Crippen molar-refractivity contribution in [2.45, 2.75) is 4.90 Å². The monoisotopic (exact) mass is 353 g/mol. The van der Waals surface area contributed by atoms with Gasteiger partial charge in [0.05, 0.1) is 16.1 Å². The van der Waals surface area contributed by atoms with Crippen molar-refractivity contribution < 1.29 is 8.42 Å². The highest BCUT2D eigenvalue weighted by Crippen LogP contribution is 2.26. The van der Waals surface area contributed by atoms with Crippen molar-refractivity contribution in [1.29, 1.82) is 0 Å². The van der Waals surface area contributed by atoms with Gasteiger partial charge in [0, 0.05) is 21.6 Å². The van der Waals surface area contributed by atoms with Crippen LogP contribution in [0.4, 0.5) is 5.69 Å². The molecule has 112 valence electrons. The molecule has 5 nitrogen and oxygen atoms in total. The van der Waals surface area contributed by atoms with E-state index in [2.05, 4.69) is 14.7 Å². The van der Waals surface area contributed by atoms with Crippen molar-refractivity contribution in [3.8, 4) is 0 Å². The Hall–Kier alpha value is -1.89. The number of nitrogens with zero attached hydrogens (tertiary/aromatic N) is 2. The van der Waals surface area contributed by atoms with Crippen LogP contribution in [0, 0.1) is 0 Å². The van der Waals surface area contributed by atoms with E-state index < -0.39 is 10.0 Å². The Labute approximate surface area is 137 Å². The summed E-state index contributed by atoms with van der Waals surface area (Å²) in [4.78, 5) is 7.99. The van der Waals surface area contributed by atoms with Crippen LogP contribution < -0.4 is 4.72 Å². The Kier molecular flexibility index (Phi) is 3.90. The lowest BCUT2D eigenvalue weighted by Crippen LogP contribution is -2.13. The van der Waals surface area contributed by atoms with E-state index in [0.29, 0.717) is 11.2 Å². The summed E-state index contributed by atoms with van der Waals surface area (Å²) in [5.41, 5.74) is 0.866. The van der Waals surface area contributed by atoms with Gasteiger partial charge >= 0.3 is 0 Å². The predicted octanol–water partition coefficient (Wildman–Crippen LogP) is 3.74. The first-order valence-corrected chi connectivity index (χ1v) is 8.37. The zero-order valence-corrected chi connectivity index (χ0v) is 13.3. The summed E-state index contributed by atoms with van der Waals surface area (Å²) >= 11 is 11.7. The molecule has 1 heterocycles. The van der Waals surface area contributed by atoms with E-state index >= 15 is 0 Å². The molecule has 3 aromatic rings. The molecule has 0 amide bonds. The topological polar surface area (TPSA) is 72.0 Å². The van der Waals surface area contributed by atoms with E-state index in [0.717, 1.165) is 5.39 Å². The molecular weight excluding hydrogens is 345 g/mol. The Balaban J connectivity index is 2.07. The van der Waals surface area contributed by atoms with E-state index in [1.54, 1.807) is 24.4 Å². The average Bonchev–Trinajstić information content (AvgIpc) is 2.46. The zero-order valence-electron chi connectivity index (χ0n) is 11.0. The first-order valence-electron chi connectivity index (χ1n) is 6.13. The Bertz CT molecular complexity index is 936. The molecule has 0 radical (unpaired) electrons. The number of aromatic nitrogens is 2. The van der Waals surface area contributed by atoms with Gasteiger partial charge in [0.1, 0.15) is 6.33 Å². The predicted molar refractivity (Wildman–Crippen MR) is 86.8 cm³/mol. The van der Waals surface area contributed by atoms with Crippen LogP contribution in [0.5, 0.6) is 0 Å². The third-order valence-electron chi connectivity index (χ3n) is 2.93. The van der Waals surface area contributed by atoms with E-state index in [1.165, 1.54) is 24.5 Å². The minimum atomic E-state index is -3.83. The van der Waals surface area contributed by atoms with Crippen LogP contribution in [-0.4, -0.2) is 18.4 Å². The van der Waals surface area contributed by atoms with Gasteiger partial charge in [-0.3, -0.25) is 4.72 Å². The normalized spacial score (nSPS) is 11.5. The summed E-state index contributed by atoms with van der Waals surface area (Å²) in [6.45, 7) is 0. The summed E-state index contributed by atoms with van der Waals surface area (Å²) in [5, 5.41) is 1.22. The van der Waals surface area contributed by atoms with Gasteiger partial charge in [0.2, 0.25) is 0 Å². The number of hydrogen-bond donors (Lipinski definition) is 1. The Morgan fingerprint density at radius 2 is 1.77 bits per heavy atom.